The molecule has 0 fully saturated rings. The van der Waals surface area contributed by atoms with Crippen LogP contribution in [-0.4, -0.2) is 23.0 Å². The van der Waals surface area contributed by atoms with E-state index in [1.807, 2.05) is 0 Å². The van der Waals surface area contributed by atoms with Gasteiger partial charge in [0.25, 0.3) is 5.91 Å². The van der Waals surface area contributed by atoms with Gasteiger partial charge in [0.2, 0.25) is 11.8 Å². The molecule has 20 heavy (non-hydrogen) atoms. The molecule has 1 heterocycles. The highest BCUT2D eigenvalue weighted by Crippen LogP contribution is 2.17. The van der Waals surface area contributed by atoms with Crippen LogP contribution in [0.25, 0.3) is 0 Å². The fourth-order valence-corrected chi connectivity index (χ4v) is 1.69. The zero-order valence-corrected chi connectivity index (χ0v) is 11.5. The third-order valence-corrected chi connectivity index (χ3v) is 2.72. The average molecular weight is 296 g/mol. The maximum Gasteiger partial charge on any atom is 0.258 e. The van der Waals surface area contributed by atoms with Crippen LogP contribution >= 0.6 is 11.6 Å². The molecule has 0 bridgehead atoms. The van der Waals surface area contributed by atoms with Crippen molar-refractivity contribution in [1.82, 2.24) is 9.97 Å². The number of nitrogens with zero attached hydrogens (tertiary/aromatic N) is 2. The molecule has 2 rings (SSSR count). The van der Waals surface area contributed by atoms with Crippen molar-refractivity contribution in [3.63, 3.8) is 0 Å². The van der Waals surface area contributed by atoms with Gasteiger partial charge in [0.1, 0.15) is 11.0 Å². The van der Waals surface area contributed by atoms with Crippen LogP contribution in [-0.2, 0) is 0 Å². The predicted molar refractivity (Wildman–Crippen MR) is 72.7 cm³/mol. The summed E-state index contributed by atoms with van der Waals surface area (Å²) in [5.41, 5.74) is 0.675. The van der Waals surface area contributed by atoms with E-state index in [-0.39, 0.29) is 22.8 Å². The van der Waals surface area contributed by atoms with E-state index in [2.05, 4.69) is 15.3 Å². The van der Waals surface area contributed by atoms with E-state index in [9.17, 15) is 9.18 Å². The summed E-state index contributed by atoms with van der Waals surface area (Å²) < 4.78 is 18.1. The van der Waals surface area contributed by atoms with Crippen LogP contribution in [0.3, 0.4) is 0 Å². The van der Waals surface area contributed by atoms with Crippen molar-refractivity contribution in [2.75, 3.05) is 12.4 Å². The van der Waals surface area contributed by atoms with Gasteiger partial charge in [-0.25, -0.2) is 9.37 Å². The minimum absolute atomic E-state index is 0.0151. The molecule has 0 saturated carbocycles. The number of hydrogen-bond acceptors (Lipinski definition) is 4. The maximum atomic E-state index is 13.2. The minimum Gasteiger partial charge on any atom is -0.481 e. The van der Waals surface area contributed by atoms with Gasteiger partial charge in [0.05, 0.1) is 7.11 Å². The van der Waals surface area contributed by atoms with Gasteiger partial charge in [0, 0.05) is 11.6 Å². The molecule has 5 nitrogen and oxygen atoms in total. The molecule has 104 valence electrons. The lowest BCUT2D eigenvalue weighted by atomic mass is 10.1. The quantitative estimate of drug-likeness (QED) is 0.884. The Balaban J connectivity index is 2.23. The van der Waals surface area contributed by atoms with Gasteiger partial charge in [-0.2, -0.15) is 4.98 Å². The highest BCUT2D eigenvalue weighted by atomic mass is 35.5. The molecular formula is C13H11ClFN3O2. The summed E-state index contributed by atoms with van der Waals surface area (Å²) in [5, 5.41) is 2.61. The van der Waals surface area contributed by atoms with Gasteiger partial charge in [-0.1, -0.05) is 11.6 Å². The second-order valence-electron chi connectivity index (χ2n) is 3.97. The van der Waals surface area contributed by atoms with Crippen molar-refractivity contribution < 1.29 is 13.9 Å². The van der Waals surface area contributed by atoms with E-state index < -0.39 is 5.91 Å². The Bertz CT molecular complexity index is 664. The lowest BCUT2D eigenvalue weighted by Crippen LogP contribution is -2.14. The molecule has 0 aliphatic heterocycles. The molecule has 1 aromatic heterocycles. The van der Waals surface area contributed by atoms with Crippen LogP contribution < -0.4 is 10.1 Å². The second-order valence-corrected chi connectivity index (χ2v) is 4.36. The highest BCUT2D eigenvalue weighted by Gasteiger charge is 2.11. The average Bonchev–Trinajstić information content (AvgIpc) is 2.41. The van der Waals surface area contributed by atoms with Crippen LogP contribution in [0.1, 0.15) is 15.9 Å². The fraction of sp³-hybridized carbons (Fsp3) is 0.154. The number of methoxy groups -OCH3 is 1. The lowest BCUT2D eigenvalue weighted by Gasteiger charge is -2.06. The summed E-state index contributed by atoms with van der Waals surface area (Å²) in [6, 6.07) is 5.45. The minimum atomic E-state index is -0.461. The Morgan fingerprint density at radius 1 is 1.35 bits per heavy atom. The molecule has 2 aromatic rings. The number of hydrogen-bond donors (Lipinski definition) is 1. The monoisotopic (exact) mass is 295 g/mol. The SMILES string of the molecule is COc1cc(Cl)nc(NC(=O)c2ccc(F)c(C)c2)n1. The van der Waals surface area contributed by atoms with Gasteiger partial charge in [-0.05, 0) is 30.7 Å². The summed E-state index contributed by atoms with van der Waals surface area (Å²) in [5.74, 6) is -0.587. The number of aryl methyl sites for hydroxylation is 1. The van der Waals surface area contributed by atoms with Crippen LogP contribution in [0.4, 0.5) is 10.3 Å². The summed E-state index contributed by atoms with van der Waals surface area (Å²) in [6.07, 6.45) is 0. The van der Waals surface area contributed by atoms with E-state index in [1.54, 1.807) is 6.92 Å². The molecule has 0 saturated heterocycles. The molecule has 7 heteroatoms. The third kappa shape index (κ3) is 3.21. The Kier molecular flexibility index (Phi) is 4.14. The normalized spacial score (nSPS) is 10.2. The first-order valence-corrected chi connectivity index (χ1v) is 6.03. The molecule has 0 spiro atoms. The number of carbonyl (C=O) groups excluding carboxylic acids is 1. The summed E-state index contributed by atoms with van der Waals surface area (Å²) >= 11 is 5.77. The number of ether oxygens (including phenoxy) is 1. The zero-order valence-electron chi connectivity index (χ0n) is 10.8. The number of anilines is 1. The molecular weight excluding hydrogens is 285 g/mol. The topological polar surface area (TPSA) is 64.1 Å². The van der Waals surface area contributed by atoms with Crippen LogP contribution in [0, 0.1) is 12.7 Å². The number of nitrogens with one attached hydrogen (secondary N) is 1. The predicted octanol–water partition coefficient (Wildman–Crippen LogP) is 2.84. The zero-order chi connectivity index (χ0) is 14.7. The summed E-state index contributed by atoms with van der Waals surface area (Å²) in [4.78, 5) is 19.8. The highest BCUT2D eigenvalue weighted by molar-refractivity contribution is 6.29. The lowest BCUT2D eigenvalue weighted by molar-refractivity contribution is 0.102. The van der Waals surface area contributed by atoms with E-state index >= 15 is 0 Å². The van der Waals surface area contributed by atoms with E-state index in [4.69, 9.17) is 16.3 Å². The van der Waals surface area contributed by atoms with Crippen LogP contribution in [0.5, 0.6) is 5.88 Å². The van der Waals surface area contributed by atoms with E-state index in [0.717, 1.165) is 0 Å². The number of halogens is 2. The molecule has 0 radical (unpaired) electrons. The van der Waals surface area contributed by atoms with Crippen molar-refractivity contribution in [3.8, 4) is 5.88 Å². The van der Waals surface area contributed by atoms with Crippen LogP contribution in [0.2, 0.25) is 5.15 Å². The first-order chi connectivity index (χ1) is 9.49. The van der Waals surface area contributed by atoms with E-state index in [1.165, 1.54) is 31.4 Å². The molecule has 0 aliphatic carbocycles. The summed E-state index contributed by atoms with van der Waals surface area (Å²) in [6.45, 7) is 1.57. The van der Waals surface area contributed by atoms with Crippen molar-refractivity contribution in [1.29, 1.82) is 0 Å². The Morgan fingerprint density at radius 3 is 2.75 bits per heavy atom. The van der Waals surface area contributed by atoms with Crippen LogP contribution in [0.15, 0.2) is 24.3 Å². The van der Waals surface area contributed by atoms with Gasteiger partial charge in [-0.15, -0.1) is 0 Å². The molecule has 1 N–H and O–H groups in total. The van der Waals surface area contributed by atoms with Crippen molar-refractivity contribution in [3.05, 3.63) is 46.4 Å². The van der Waals surface area contributed by atoms with E-state index in [0.29, 0.717) is 11.1 Å². The molecule has 0 atom stereocenters. The fourth-order valence-electron chi connectivity index (χ4n) is 1.52. The molecule has 1 amide bonds. The number of amides is 1. The second kappa shape index (κ2) is 5.83. The first-order valence-electron chi connectivity index (χ1n) is 5.65. The smallest absolute Gasteiger partial charge is 0.258 e. The Morgan fingerprint density at radius 2 is 2.10 bits per heavy atom. The van der Waals surface area contributed by atoms with Gasteiger partial charge in [-0.3, -0.25) is 10.1 Å². The summed E-state index contributed by atoms with van der Waals surface area (Å²) in [7, 11) is 1.42. The number of rotatable bonds is 3. The van der Waals surface area contributed by atoms with Crippen molar-refractivity contribution >= 4 is 23.5 Å². The van der Waals surface area contributed by atoms with Crippen molar-refractivity contribution in [2.24, 2.45) is 0 Å². The number of aromatic nitrogens is 2. The Labute approximate surface area is 119 Å². The molecule has 1 aromatic carbocycles. The number of benzene rings is 1. The molecule has 0 aliphatic rings. The van der Waals surface area contributed by atoms with Gasteiger partial charge >= 0.3 is 0 Å². The Hall–Kier alpha value is -2.21. The largest absolute Gasteiger partial charge is 0.481 e. The third-order valence-electron chi connectivity index (χ3n) is 2.53. The van der Waals surface area contributed by atoms with Crippen molar-refractivity contribution in [2.45, 2.75) is 6.92 Å². The maximum absolute atomic E-state index is 13.2. The number of carbonyl (C=O) groups is 1. The molecule has 0 unspecified atom stereocenters. The van der Waals surface area contributed by atoms with Gasteiger partial charge < -0.3 is 4.74 Å². The standard InChI is InChI=1S/C13H11ClFN3O2/c1-7-5-8(3-4-9(7)15)12(19)18-13-16-10(14)6-11(17-13)20-2/h3-6H,1-2H3,(H,16,17,18,19). The first kappa shape index (κ1) is 14.2. The van der Waals surface area contributed by atoms with Gasteiger partial charge in [0.15, 0.2) is 0 Å².